The van der Waals surface area contributed by atoms with Gasteiger partial charge in [-0.1, -0.05) is 13.8 Å². The Labute approximate surface area is 115 Å². The first-order valence-corrected chi connectivity index (χ1v) is 7.39. The summed E-state index contributed by atoms with van der Waals surface area (Å²) in [5.74, 6) is 0.636. The predicted molar refractivity (Wildman–Crippen MR) is 79.1 cm³/mol. The SMILES string of the molecule is COCCN(CC(C)C)C(CN)c1ccc(C)s1. The van der Waals surface area contributed by atoms with Gasteiger partial charge in [-0.2, -0.15) is 0 Å². The van der Waals surface area contributed by atoms with Crippen LogP contribution in [0.15, 0.2) is 12.1 Å². The van der Waals surface area contributed by atoms with Gasteiger partial charge in [-0.15, -0.1) is 11.3 Å². The lowest BCUT2D eigenvalue weighted by molar-refractivity contribution is 0.113. The lowest BCUT2D eigenvalue weighted by atomic mass is 10.1. The molecule has 1 unspecified atom stereocenters. The van der Waals surface area contributed by atoms with E-state index >= 15 is 0 Å². The van der Waals surface area contributed by atoms with Crippen LogP contribution in [0.5, 0.6) is 0 Å². The van der Waals surface area contributed by atoms with Gasteiger partial charge in [-0.05, 0) is 25.0 Å². The van der Waals surface area contributed by atoms with Gasteiger partial charge in [0.05, 0.1) is 12.6 Å². The molecule has 0 saturated carbocycles. The van der Waals surface area contributed by atoms with E-state index in [4.69, 9.17) is 10.5 Å². The second-order valence-corrected chi connectivity index (χ2v) is 6.40. The molecule has 1 atom stereocenters. The topological polar surface area (TPSA) is 38.5 Å². The number of nitrogens with two attached hydrogens (primary N) is 1. The number of nitrogens with zero attached hydrogens (tertiary/aromatic N) is 1. The molecule has 0 spiro atoms. The van der Waals surface area contributed by atoms with Gasteiger partial charge in [0.25, 0.3) is 0 Å². The summed E-state index contributed by atoms with van der Waals surface area (Å²) in [6, 6.07) is 4.70. The van der Waals surface area contributed by atoms with Crippen LogP contribution in [0.4, 0.5) is 0 Å². The van der Waals surface area contributed by atoms with Crippen LogP contribution in [0, 0.1) is 12.8 Å². The number of hydrogen-bond acceptors (Lipinski definition) is 4. The Balaban J connectivity index is 2.78. The van der Waals surface area contributed by atoms with Crippen LogP contribution in [-0.4, -0.2) is 38.3 Å². The molecule has 0 radical (unpaired) electrons. The molecule has 1 aromatic rings. The van der Waals surface area contributed by atoms with E-state index in [1.165, 1.54) is 9.75 Å². The van der Waals surface area contributed by atoms with E-state index in [-0.39, 0.29) is 0 Å². The Morgan fingerprint density at radius 3 is 2.56 bits per heavy atom. The Kier molecular flexibility index (Phi) is 6.86. The third-order valence-corrected chi connectivity index (χ3v) is 4.04. The molecule has 0 bridgehead atoms. The highest BCUT2D eigenvalue weighted by Gasteiger charge is 2.20. The van der Waals surface area contributed by atoms with Gasteiger partial charge in [0.2, 0.25) is 0 Å². The molecule has 18 heavy (non-hydrogen) atoms. The first-order chi connectivity index (χ1) is 8.58. The van der Waals surface area contributed by atoms with Crippen LogP contribution in [0.2, 0.25) is 0 Å². The molecule has 4 heteroatoms. The Bertz CT molecular complexity index is 338. The molecule has 0 saturated heterocycles. The van der Waals surface area contributed by atoms with Crippen LogP contribution in [-0.2, 0) is 4.74 Å². The van der Waals surface area contributed by atoms with Crippen molar-refractivity contribution in [3.05, 3.63) is 21.9 Å². The van der Waals surface area contributed by atoms with E-state index in [2.05, 4.69) is 37.8 Å². The third kappa shape index (κ3) is 4.69. The minimum absolute atomic E-state index is 0.321. The fourth-order valence-corrected chi connectivity index (χ4v) is 3.15. The molecule has 0 aliphatic heterocycles. The predicted octanol–water partition coefficient (Wildman–Crippen LogP) is 2.66. The van der Waals surface area contributed by atoms with Crippen LogP contribution in [0.3, 0.4) is 0 Å². The molecule has 1 aromatic heterocycles. The van der Waals surface area contributed by atoms with E-state index in [0.717, 1.165) is 19.7 Å². The number of hydrogen-bond donors (Lipinski definition) is 1. The molecule has 1 rings (SSSR count). The lowest BCUT2D eigenvalue weighted by Crippen LogP contribution is -2.38. The van der Waals surface area contributed by atoms with Crippen molar-refractivity contribution in [2.45, 2.75) is 26.8 Å². The van der Waals surface area contributed by atoms with E-state index in [1.807, 2.05) is 11.3 Å². The fraction of sp³-hybridized carbons (Fsp3) is 0.714. The summed E-state index contributed by atoms with van der Waals surface area (Å²) in [5.41, 5.74) is 5.99. The largest absolute Gasteiger partial charge is 0.383 e. The van der Waals surface area contributed by atoms with Crippen LogP contribution in [0.25, 0.3) is 0 Å². The molecule has 0 aromatic carbocycles. The number of ether oxygens (including phenoxy) is 1. The first kappa shape index (κ1) is 15.6. The van der Waals surface area contributed by atoms with Crippen molar-refractivity contribution in [2.75, 3.05) is 33.4 Å². The maximum Gasteiger partial charge on any atom is 0.0589 e. The van der Waals surface area contributed by atoms with E-state index in [1.54, 1.807) is 7.11 Å². The smallest absolute Gasteiger partial charge is 0.0589 e. The molecular weight excluding hydrogens is 244 g/mol. The molecule has 0 amide bonds. The van der Waals surface area contributed by atoms with Gasteiger partial charge in [0.1, 0.15) is 0 Å². The Hall–Kier alpha value is -0.420. The number of methoxy groups -OCH3 is 1. The minimum Gasteiger partial charge on any atom is -0.383 e. The highest BCUT2D eigenvalue weighted by molar-refractivity contribution is 7.12. The second kappa shape index (κ2) is 7.89. The van der Waals surface area contributed by atoms with Crippen LogP contribution < -0.4 is 5.73 Å². The van der Waals surface area contributed by atoms with Crippen molar-refractivity contribution < 1.29 is 4.74 Å². The third-order valence-electron chi connectivity index (χ3n) is 2.94. The number of rotatable bonds is 8. The summed E-state index contributed by atoms with van der Waals surface area (Å²) in [7, 11) is 1.75. The van der Waals surface area contributed by atoms with Gasteiger partial charge in [-0.3, -0.25) is 4.90 Å². The molecule has 1 heterocycles. The molecule has 0 aliphatic rings. The highest BCUT2D eigenvalue weighted by atomic mass is 32.1. The second-order valence-electron chi connectivity index (χ2n) is 5.08. The van der Waals surface area contributed by atoms with Crippen LogP contribution >= 0.6 is 11.3 Å². The van der Waals surface area contributed by atoms with Gasteiger partial charge in [0, 0.05) is 36.5 Å². The molecule has 104 valence electrons. The van der Waals surface area contributed by atoms with Crippen molar-refractivity contribution in [1.82, 2.24) is 4.90 Å². The van der Waals surface area contributed by atoms with Crippen molar-refractivity contribution in [3.8, 4) is 0 Å². The summed E-state index contributed by atoms with van der Waals surface area (Å²) < 4.78 is 5.21. The summed E-state index contributed by atoms with van der Waals surface area (Å²) >= 11 is 1.85. The van der Waals surface area contributed by atoms with Crippen LogP contribution in [0.1, 0.15) is 29.6 Å². The standard InChI is InChI=1S/C14H26N2OS/c1-11(2)10-16(7-8-17-4)13(9-15)14-6-5-12(3)18-14/h5-6,11,13H,7-10,15H2,1-4H3. The molecule has 0 aliphatic carbocycles. The van der Waals surface area contributed by atoms with Gasteiger partial charge in [0.15, 0.2) is 0 Å². The van der Waals surface area contributed by atoms with Crippen molar-refractivity contribution >= 4 is 11.3 Å². The maximum absolute atomic E-state index is 5.99. The average Bonchev–Trinajstić information content (AvgIpc) is 2.72. The molecule has 3 nitrogen and oxygen atoms in total. The summed E-state index contributed by atoms with van der Waals surface area (Å²) in [4.78, 5) is 5.16. The van der Waals surface area contributed by atoms with E-state index in [9.17, 15) is 0 Å². The Morgan fingerprint density at radius 1 is 1.39 bits per heavy atom. The lowest BCUT2D eigenvalue weighted by Gasteiger charge is -2.31. The minimum atomic E-state index is 0.321. The summed E-state index contributed by atoms with van der Waals surface area (Å²) in [5, 5.41) is 0. The number of thiophene rings is 1. The fourth-order valence-electron chi connectivity index (χ4n) is 2.13. The quantitative estimate of drug-likeness (QED) is 0.789. The number of aryl methyl sites for hydroxylation is 1. The Morgan fingerprint density at radius 2 is 2.11 bits per heavy atom. The van der Waals surface area contributed by atoms with Gasteiger partial charge < -0.3 is 10.5 Å². The average molecular weight is 270 g/mol. The summed E-state index contributed by atoms with van der Waals surface area (Å²) in [6.07, 6.45) is 0. The molecule has 0 fully saturated rings. The maximum atomic E-state index is 5.99. The van der Waals surface area contributed by atoms with Crippen molar-refractivity contribution in [3.63, 3.8) is 0 Å². The zero-order valence-corrected chi connectivity index (χ0v) is 12.8. The highest BCUT2D eigenvalue weighted by Crippen LogP contribution is 2.27. The van der Waals surface area contributed by atoms with Gasteiger partial charge in [-0.25, -0.2) is 0 Å². The zero-order valence-electron chi connectivity index (χ0n) is 12.0. The van der Waals surface area contributed by atoms with Crippen molar-refractivity contribution in [2.24, 2.45) is 11.7 Å². The van der Waals surface area contributed by atoms with Crippen molar-refractivity contribution in [1.29, 1.82) is 0 Å². The normalized spacial score (nSPS) is 13.5. The summed E-state index contributed by atoms with van der Waals surface area (Å²) in [6.45, 7) is 10.0. The van der Waals surface area contributed by atoms with E-state index in [0.29, 0.717) is 18.5 Å². The molecule has 2 N–H and O–H groups in total. The zero-order chi connectivity index (χ0) is 13.5. The van der Waals surface area contributed by atoms with E-state index < -0.39 is 0 Å². The monoisotopic (exact) mass is 270 g/mol. The first-order valence-electron chi connectivity index (χ1n) is 6.57. The molecular formula is C14H26N2OS. The van der Waals surface area contributed by atoms with Gasteiger partial charge >= 0.3 is 0 Å².